The van der Waals surface area contributed by atoms with Crippen LogP contribution in [-0.4, -0.2) is 4.98 Å². The Bertz CT molecular complexity index is 568. The lowest BCUT2D eigenvalue weighted by Crippen LogP contribution is -2.35. The molecule has 2 nitrogen and oxygen atoms in total. The molecule has 0 fully saturated rings. The van der Waals surface area contributed by atoms with E-state index in [-0.39, 0.29) is 0 Å². The van der Waals surface area contributed by atoms with E-state index in [0.29, 0.717) is 21.3 Å². The zero-order chi connectivity index (χ0) is 13.3. The van der Waals surface area contributed by atoms with Crippen LogP contribution in [0.1, 0.15) is 18.2 Å². The fourth-order valence-corrected chi connectivity index (χ4v) is 2.20. The summed E-state index contributed by atoms with van der Waals surface area (Å²) in [6, 6.07) is 7.89. The monoisotopic (exact) mass is 284 g/mol. The summed E-state index contributed by atoms with van der Waals surface area (Å²) in [5.41, 5.74) is 6.49. The van der Waals surface area contributed by atoms with E-state index in [1.54, 1.807) is 25.1 Å². The second-order valence-electron chi connectivity index (χ2n) is 4.19. The molecule has 94 valence electrons. The number of benzene rings is 1. The van der Waals surface area contributed by atoms with E-state index in [4.69, 9.17) is 28.9 Å². The number of hydrogen-bond donors (Lipinski definition) is 1. The molecule has 0 saturated heterocycles. The van der Waals surface area contributed by atoms with Crippen LogP contribution in [0.25, 0.3) is 0 Å². The molecule has 2 N–H and O–H groups in total. The summed E-state index contributed by atoms with van der Waals surface area (Å²) in [6.07, 6.45) is 1.12. The summed E-state index contributed by atoms with van der Waals surface area (Å²) < 4.78 is 12.9. The third kappa shape index (κ3) is 2.48. The SMILES string of the molecule is CC(N)(c1ccc(F)cn1)c1cc(Cl)ccc1Cl. The van der Waals surface area contributed by atoms with Crippen LogP contribution < -0.4 is 5.73 Å². The van der Waals surface area contributed by atoms with Gasteiger partial charge in [0.15, 0.2) is 0 Å². The third-order valence-corrected chi connectivity index (χ3v) is 3.31. The summed E-state index contributed by atoms with van der Waals surface area (Å²) >= 11 is 12.1. The Morgan fingerprint density at radius 2 is 1.94 bits per heavy atom. The molecule has 0 radical (unpaired) electrons. The molecule has 5 heteroatoms. The van der Waals surface area contributed by atoms with Gasteiger partial charge in [0, 0.05) is 10.0 Å². The van der Waals surface area contributed by atoms with Crippen molar-refractivity contribution in [3.8, 4) is 0 Å². The van der Waals surface area contributed by atoms with Crippen molar-refractivity contribution in [1.29, 1.82) is 0 Å². The van der Waals surface area contributed by atoms with Gasteiger partial charge in [0.1, 0.15) is 5.82 Å². The minimum atomic E-state index is -0.935. The number of rotatable bonds is 2. The van der Waals surface area contributed by atoms with E-state index in [2.05, 4.69) is 4.98 Å². The predicted octanol–water partition coefficient (Wildman–Crippen LogP) is 3.75. The van der Waals surface area contributed by atoms with Crippen LogP contribution in [-0.2, 0) is 5.54 Å². The van der Waals surface area contributed by atoms with Crippen molar-refractivity contribution in [2.24, 2.45) is 5.73 Å². The van der Waals surface area contributed by atoms with Gasteiger partial charge in [0.25, 0.3) is 0 Å². The normalized spacial score (nSPS) is 14.3. The summed E-state index contributed by atoms with van der Waals surface area (Å²) in [5.74, 6) is -0.410. The van der Waals surface area contributed by atoms with Crippen molar-refractivity contribution in [3.63, 3.8) is 0 Å². The van der Waals surface area contributed by atoms with Crippen LogP contribution in [0.5, 0.6) is 0 Å². The standard InChI is InChI=1S/C13H11Cl2FN2/c1-13(17,12-5-3-9(16)7-18-12)10-6-8(14)2-4-11(10)15/h2-7H,17H2,1H3. The van der Waals surface area contributed by atoms with Gasteiger partial charge in [-0.3, -0.25) is 4.98 Å². The first-order valence-corrected chi connectivity index (χ1v) is 6.03. The Morgan fingerprint density at radius 3 is 2.56 bits per heavy atom. The van der Waals surface area contributed by atoms with Crippen LogP contribution in [0.2, 0.25) is 10.0 Å². The highest BCUT2D eigenvalue weighted by molar-refractivity contribution is 6.33. The number of hydrogen-bond acceptors (Lipinski definition) is 2. The maximum atomic E-state index is 12.9. The molecular formula is C13H11Cl2FN2. The van der Waals surface area contributed by atoms with E-state index < -0.39 is 11.4 Å². The van der Waals surface area contributed by atoms with Crippen LogP contribution in [0.3, 0.4) is 0 Å². The second-order valence-corrected chi connectivity index (χ2v) is 5.03. The Kier molecular flexibility index (Phi) is 3.57. The second kappa shape index (κ2) is 4.84. The molecule has 1 unspecified atom stereocenters. The zero-order valence-corrected chi connectivity index (χ0v) is 11.1. The van der Waals surface area contributed by atoms with Crippen LogP contribution in [0.4, 0.5) is 4.39 Å². The average Bonchev–Trinajstić information content (AvgIpc) is 2.32. The lowest BCUT2D eigenvalue weighted by molar-refractivity contribution is 0.568. The lowest BCUT2D eigenvalue weighted by Gasteiger charge is -2.25. The third-order valence-electron chi connectivity index (χ3n) is 2.75. The van der Waals surface area contributed by atoms with Gasteiger partial charge in [-0.1, -0.05) is 23.2 Å². The quantitative estimate of drug-likeness (QED) is 0.912. The fraction of sp³-hybridized carbons (Fsp3) is 0.154. The van der Waals surface area contributed by atoms with Gasteiger partial charge in [0.05, 0.1) is 17.4 Å². The maximum Gasteiger partial charge on any atom is 0.141 e. The molecular weight excluding hydrogens is 274 g/mol. The minimum Gasteiger partial charge on any atom is -0.317 e. The van der Waals surface area contributed by atoms with Crippen molar-refractivity contribution in [3.05, 3.63) is 63.6 Å². The predicted molar refractivity (Wildman–Crippen MR) is 71.3 cm³/mol. The smallest absolute Gasteiger partial charge is 0.141 e. The molecule has 18 heavy (non-hydrogen) atoms. The Labute approximate surface area is 115 Å². The van der Waals surface area contributed by atoms with Gasteiger partial charge in [0.2, 0.25) is 0 Å². The van der Waals surface area contributed by atoms with Crippen molar-refractivity contribution in [2.75, 3.05) is 0 Å². The molecule has 2 aromatic rings. The molecule has 0 spiro atoms. The minimum absolute atomic E-state index is 0.410. The van der Waals surface area contributed by atoms with Crippen molar-refractivity contribution in [2.45, 2.75) is 12.5 Å². The Balaban J connectivity index is 2.53. The first kappa shape index (κ1) is 13.3. The van der Waals surface area contributed by atoms with Gasteiger partial charge in [-0.15, -0.1) is 0 Å². The Morgan fingerprint density at radius 1 is 1.22 bits per heavy atom. The number of pyridine rings is 1. The van der Waals surface area contributed by atoms with E-state index in [1.165, 1.54) is 12.1 Å². The molecule has 0 aliphatic heterocycles. The summed E-state index contributed by atoms with van der Waals surface area (Å²) in [6.45, 7) is 1.75. The van der Waals surface area contributed by atoms with Gasteiger partial charge in [-0.2, -0.15) is 0 Å². The molecule has 0 aliphatic carbocycles. The topological polar surface area (TPSA) is 38.9 Å². The largest absolute Gasteiger partial charge is 0.317 e. The molecule has 1 aromatic heterocycles. The molecule has 1 aromatic carbocycles. The highest BCUT2D eigenvalue weighted by Crippen LogP contribution is 2.32. The van der Waals surface area contributed by atoms with Crippen LogP contribution in [0, 0.1) is 5.82 Å². The molecule has 1 heterocycles. The van der Waals surface area contributed by atoms with E-state index >= 15 is 0 Å². The Hall–Kier alpha value is -1.16. The fourth-order valence-electron chi connectivity index (χ4n) is 1.72. The van der Waals surface area contributed by atoms with Crippen LogP contribution >= 0.6 is 23.2 Å². The van der Waals surface area contributed by atoms with Gasteiger partial charge in [-0.05, 0) is 42.8 Å². The van der Waals surface area contributed by atoms with E-state index in [0.717, 1.165) is 6.20 Å². The number of nitrogens with two attached hydrogens (primary N) is 1. The zero-order valence-electron chi connectivity index (χ0n) is 9.62. The number of nitrogens with zero attached hydrogens (tertiary/aromatic N) is 1. The summed E-state index contributed by atoms with van der Waals surface area (Å²) in [5, 5.41) is 1.03. The molecule has 1 atom stereocenters. The van der Waals surface area contributed by atoms with E-state index in [1.807, 2.05) is 0 Å². The highest BCUT2D eigenvalue weighted by atomic mass is 35.5. The first-order chi connectivity index (χ1) is 8.41. The molecule has 0 saturated carbocycles. The maximum absolute atomic E-state index is 12.9. The molecule has 2 rings (SSSR count). The highest BCUT2D eigenvalue weighted by Gasteiger charge is 2.28. The first-order valence-electron chi connectivity index (χ1n) is 5.27. The number of halogens is 3. The van der Waals surface area contributed by atoms with Crippen molar-refractivity contribution >= 4 is 23.2 Å². The summed E-state index contributed by atoms with van der Waals surface area (Å²) in [7, 11) is 0. The van der Waals surface area contributed by atoms with Crippen molar-refractivity contribution < 1.29 is 4.39 Å². The summed E-state index contributed by atoms with van der Waals surface area (Å²) in [4.78, 5) is 4.00. The van der Waals surface area contributed by atoms with Crippen molar-refractivity contribution in [1.82, 2.24) is 4.98 Å². The van der Waals surface area contributed by atoms with Gasteiger partial charge < -0.3 is 5.73 Å². The average molecular weight is 285 g/mol. The number of aromatic nitrogens is 1. The molecule has 0 amide bonds. The van der Waals surface area contributed by atoms with Gasteiger partial charge >= 0.3 is 0 Å². The lowest BCUT2D eigenvalue weighted by atomic mass is 9.89. The van der Waals surface area contributed by atoms with Gasteiger partial charge in [-0.25, -0.2) is 4.39 Å². The van der Waals surface area contributed by atoms with Crippen LogP contribution in [0.15, 0.2) is 36.5 Å². The molecule has 0 bridgehead atoms. The molecule has 0 aliphatic rings. The van der Waals surface area contributed by atoms with E-state index in [9.17, 15) is 4.39 Å².